The highest BCUT2D eigenvalue weighted by atomic mass is 79.9. The summed E-state index contributed by atoms with van der Waals surface area (Å²) in [5.41, 5.74) is 2.16. The first kappa shape index (κ1) is 15.2. The van der Waals surface area contributed by atoms with Crippen molar-refractivity contribution in [2.45, 2.75) is 53.0 Å². The van der Waals surface area contributed by atoms with E-state index in [2.05, 4.69) is 35.8 Å². The minimum Gasteiger partial charge on any atom is -0.310 e. The number of benzene rings is 1. The molecule has 1 amide bonds. The summed E-state index contributed by atoms with van der Waals surface area (Å²) in [6.07, 6.45) is 2.66. The fraction of sp³-hybridized carbons (Fsp3) is 0.533. The summed E-state index contributed by atoms with van der Waals surface area (Å²) in [5.74, 6) is 0.192. The van der Waals surface area contributed by atoms with Gasteiger partial charge in [-0.15, -0.1) is 0 Å². The van der Waals surface area contributed by atoms with E-state index in [1.165, 1.54) is 0 Å². The Hall–Kier alpha value is -0.830. The zero-order chi connectivity index (χ0) is 13.7. The highest BCUT2D eigenvalue weighted by Gasteiger charge is 2.20. The van der Waals surface area contributed by atoms with Crippen LogP contribution in [-0.2, 0) is 4.79 Å². The monoisotopic (exact) mass is 311 g/mol. The van der Waals surface area contributed by atoms with Crippen molar-refractivity contribution in [2.24, 2.45) is 0 Å². The van der Waals surface area contributed by atoms with Crippen LogP contribution in [0.2, 0.25) is 0 Å². The maximum absolute atomic E-state index is 12.1. The van der Waals surface area contributed by atoms with Gasteiger partial charge in [-0.3, -0.25) is 4.79 Å². The van der Waals surface area contributed by atoms with Crippen molar-refractivity contribution in [1.82, 2.24) is 0 Å². The first-order valence-corrected chi connectivity index (χ1v) is 7.38. The van der Waals surface area contributed by atoms with Gasteiger partial charge in [0.1, 0.15) is 0 Å². The Morgan fingerprint density at radius 2 is 2.06 bits per heavy atom. The molecule has 0 radical (unpaired) electrons. The fourth-order valence-electron chi connectivity index (χ4n) is 2.14. The smallest absolute Gasteiger partial charge is 0.226 e. The first-order chi connectivity index (χ1) is 8.51. The van der Waals surface area contributed by atoms with Crippen LogP contribution in [-0.4, -0.2) is 11.9 Å². The Morgan fingerprint density at radius 3 is 2.56 bits per heavy atom. The number of anilines is 1. The molecule has 0 aliphatic heterocycles. The third-order valence-corrected chi connectivity index (χ3v) is 4.03. The Bertz CT molecular complexity index is 417. The van der Waals surface area contributed by atoms with E-state index in [0.29, 0.717) is 6.42 Å². The molecule has 1 unspecified atom stereocenters. The lowest BCUT2D eigenvalue weighted by atomic mass is 10.1. The van der Waals surface area contributed by atoms with E-state index < -0.39 is 0 Å². The third kappa shape index (κ3) is 3.58. The van der Waals surface area contributed by atoms with Gasteiger partial charge in [-0.1, -0.05) is 36.2 Å². The fourth-order valence-corrected chi connectivity index (χ4v) is 2.39. The molecule has 2 nitrogen and oxygen atoms in total. The molecule has 0 heterocycles. The number of amides is 1. The Morgan fingerprint density at radius 1 is 1.39 bits per heavy atom. The zero-order valence-electron chi connectivity index (χ0n) is 11.7. The van der Waals surface area contributed by atoms with Crippen molar-refractivity contribution < 1.29 is 4.79 Å². The summed E-state index contributed by atoms with van der Waals surface area (Å²) in [6.45, 7) is 8.23. The lowest BCUT2D eigenvalue weighted by Gasteiger charge is -2.29. The van der Waals surface area contributed by atoms with Gasteiger partial charge in [0.05, 0.1) is 0 Å². The average molecular weight is 312 g/mol. The summed E-state index contributed by atoms with van der Waals surface area (Å²) in [7, 11) is 0. The lowest BCUT2D eigenvalue weighted by molar-refractivity contribution is -0.118. The zero-order valence-corrected chi connectivity index (χ0v) is 13.3. The highest BCUT2D eigenvalue weighted by molar-refractivity contribution is 9.10. The van der Waals surface area contributed by atoms with Gasteiger partial charge in [-0.2, -0.15) is 0 Å². The first-order valence-electron chi connectivity index (χ1n) is 6.59. The molecule has 0 aliphatic rings. The molecule has 0 N–H and O–H groups in total. The van der Waals surface area contributed by atoms with Crippen molar-refractivity contribution in [3.05, 3.63) is 28.2 Å². The summed E-state index contributed by atoms with van der Waals surface area (Å²) in [5, 5.41) is 0. The summed E-state index contributed by atoms with van der Waals surface area (Å²) >= 11 is 3.50. The number of aryl methyl sites for hydroxylation is 1. The topological polar surface area (TPSA) is 20.3 Å². The molecule has 18 heavy (non-hydrogen) atoms. The van der Waals surface area contributed by atoms with Crippen LogP contribution in [0.15, 0.2) is 22.7 Å². The molecule has 0 spiro atoms. The molecule has 0 fully saturated rings. The van der Waals surface area contributed by atoms with Crippen LogP contribution in [0.25, 0.3) is 0 Å². The average Bonchev–Trinajstić information content (AvgIpc) is 2.34. The second-order valence-electron chi connectivity index (χ2n) is 4.69. The third-order valence-electron chi connectivity index (χ3n) is 3.14. The lowest BCUT2D eigenvalue weighted by Crippen LogP contribution is -2.38. The molecule has 100 valence electrons. The van der Waals surface area contributed by atoms with Gasteiger partial charge < -0.3 is 4.90 Å². The molecular weight excluding hydrogens is 290 g/mol. The number of carbonyl (C=O) groups is 1. The van der Waals surface area contributed by atoms with Gasteiger partial charge in [0.15, 0.2) is 0 Å². The van der Waals surface area contributed by atoms with Crippen molar-refractivity contribution in [2.75, 3.05) is 4.90 Å². The van der Waals surface area contributed by atoms with Crippen LogP contribution >= 0.6 is 15.9 Å². The van der Waals surface area contributed by atoms with E-state index in [1.807, 2.05) is 30.9 Å². The van der Waals surface area contributed by atoms with Gasteiger partial charge in [0, 0.05) is 22.6 Å². The van der Waals surface area contributed by atoms with Gasteiger partial charge in [0.25, 0.3) is 0 Å². The predicted molar refractivity (Wildman–Crippen MR) is 81.0 cm³/mol. The van der Waals surface area contributed by atoms with Crippen LogP contribution in [0.1, 0.15) is 45.6 Å². The maximum Gasteiger partial charge on any atom is 0.226 e. The number of halogens is 1. The van der Waals surface area contributed by atoms with E-state index in [9.17, 15) is 4.79 Å². The number of hydrogen-bond donors (Lipinski definition) is 0. The quantitative estimate of drug-likeness (QED) is 0.772. The van der Waals surface area contributed by atoms with Crippen LogP contribution in [0.5, 0.6) is 0 Å². The van der Waals surface area contributed by atoms with Crippen LogP contribution in [0.3, 0.4) is 0 Å². The number of nitrogens with zero attached hydrogens (tertiary/aromatic N) is 1. The molecule has 0 aliphatic carbocycles. The maximum atomic E-state index is 12.1. The molecule has 1 aromatic rings. The summed E-state index contributed by atoms with van der Waals surface area (Å²) in [4.78, 5) is 14.1. The van der Waals surface area contributed by atoms with Gasteiger partial charge >= 0.3 is 0 Å². The standard InChI is InChI=1S/C15H22BrNO/c1-5-7-12(4)17(15(18)6-2)13-8-9-14(16)11(3)10-13/h8-10,12H,5-7H2,1-4H3. The highest BCUT2D eigenvalue weighted by Crippen LogP contribution is 2.26. The van der Waals surface area contributed by atoms with Crippen LogP contribution in [0, 0.1) is 6.92 Å². The minimum atomic E-state index is 0.192. The van der Waals surface area contributed by atoms with E-state index in [0.717, 1.165) is 28.6 Å². The van der Waals surface area contributed by atoms with E-state index in [4.69, 9.17) is 0 Å². The van der Waals surface area contributed by atoms with Crippen LogP contribution in [0.4, 0.5) is 5.69 Å². The second-order valence-corrected chi connectivity index (χ2v) is 5.54. The minimum absolute atomic E-state index is 0.192. The van der Waals surface area contributed by atoms with Crippen molar-refractivity contribution in [1.29, 1.82) is 0 Å². The Kier molecular flexibility index (Phi) is 5.86. The molecule has 0 saturated heterocycles. The normalized spacial score (nSPS) is 12.3. The van der Waals surface area contributed by atoms with Crippen LogP contribution < -0.4 is 4.90 Å². The molecular formula is C15H22BrNO. The SMILES string of the molecule is CCCC(C)N(C(=O)CC)c1ccc(Br)c(C)c1. The van der Waals surface area contributed by atoms with Crippen molar-refractivity contribution in [3.63, 3.8) is 0 Å². The van der Waals surface area contributed by atoms with E-state index >= 15 is 0 Å². The van der Waals surface area contributed by atoms with Crippen molar-refractivity contribution in [3.8, 4) is 0 Å². The molecule has 1 rings (SSSR count). The summed E-state index contributed by atoms with van der Waals surface area (Å²) < 4.78 is 1.08. The number of carbonyl (C=O) groups excluding carboxylic acids is 1. The summed E-state index contributed by atoms with van der Waals surface area (Å²) in [6, 6.07) is 6.35. The largest absolute Gasteiger partial charge is 0.310 e. The van der Waals surface area contributed by atoms with Gasteiger partial charge in [-0.25, -0.2) is 0 Å². The number of rotatable bonds is 5. The molecule has 3 heteroatoms. The van der Waals surface area contributed by atoms with Crippen molar-refractivity contribution >= 4 is 27.5 Å². The molecule has 0 bridgehead atoms. The van der Waals surface area contributed by atoms with E-state index in [-0.39, 0.29) is 11.9 Å². The molecule has 1 atom stereocenters. The number of hydrogen-bond acceptors (Lipinski definition) is 1. The second kappa shape index (κ2) is 6.93. The Labute approximate surface area is 119 Å². The van der Waals surface area contributed by atoms with Gasteiger partial charge in [0.2, 0.25) is 5.91 Å². The van der Waals surface area contributed by atoms with Gasteiger partial charge in [-0.05, 0) is 44.0 Å². The molecule has 1 aromatic carbocycles. The molecule has 0 aromatic heterocycles. The van der Waals surface area contributed by atoms with E-state index in [1.54, 1.807) is 0 Å². The Balaban J connectivity index is 3.08. The molecule has 0 saturated carbocycles. The predicted octanol–water partition coefficient (Wildman–Crippen LogP) is 4.69.